The van der Waals surface area contributed by atoms with Crippen molar-refractivity contribution in [3.63, 3.8) is 0 Å². The Morgan fingerprint density at radius 3 is 3.00 bits per heavy atom. The maximum Gasteiger partial charge on any atom is 0.239 e. The molecule has 0 aliphatic heterocycles. The number of nitrogens with zero attached hydrogens (tertiary/aromatic N) is 2. The van der Waals surface area contributed by atoms with Crippen LogP contribution in [0.4, 0.5) is 16.2 Å². The fraction of sp³-hybridized carbons (Fsp3) is 0.429. The first kappa shape index (κ1) is 9.66. The summed E-state index contributed by atoms with van der Waals surface area (Å²) in [5, 5.41) is 2.82. The predicted octanol–water partition coefficient (Wildman–Crippen LogP) is 0.452. The molecule has 0 saturated heterocycles. The molecule has 0 aromatic carbocycles. The SMILES string of the molecule is Cc1cnc(NN)nc1NCCF. The number of hydrazine groups is 1. The molecule has 5 nitrogen and oxygen atoms in total. The summed E-state index contributed by atoms with van der Waals surface area (Å²) in [4.78, 5) is 7.89. The Labute approximate surface area is 75.5 Å². The van der Waals surface area contributed by atoms with E-state index in [0.29, 0.717) is 11.8 Å². The zero-order valence-electron chi connectivity index (χ0n) is 7.34. The third-order valence-electron chi connectivity index (χ3n) is 1.49. The van der Waals surface area contributed by atoms with Gasteiger partial charge in [0.05, 0.1) is 0 Å². The molecule has 0 amide bonds. The summed E-state index contributed by atoms with van der Waals surface area (Å²) in [5.74, 6) is 6.03. The van der Waals surface area contributed by atoms with Crippen LogP contribution in [0, 0.1) is 6.92 Å². The number of nitrogens with one attached hydrogen (secondary N) is 2. The number of rotatable bonds is 4. The summed E-state index contributed by atoms with van der Waals surface area (Å²) in [6.07, 6.45) is 1.61. The summed E-state index contributed by atoms with van der Waals surface area (Å²) in [5.41, 5.74) is 3.17. The second-order valence-electron chi connectivity index (χ2n) is 2.49. The Morgan fingerprint density at radius 2 is 2.38 bits per heavy atom. The van der Waals surface area contributed by atoms with Crippen molar-refractivity contribution in [2.75, 3.05) is 24.0 Å². The number of alkyl halides is 1. The number of hydrogen-bond donors (Lipinski definition) is 3. The van der Waals surface area contributed by atoms with E-state index in [1.165, 1.54) is 0 Å². The number of hydrogen-bond acceptors (Lipinski definition) is 5. The van der Waals surface area contributed by atoms with Crippen LogP contribution in [0.2, 0.25) is 0 Å². The summed E-state index contributed by atoms with van der Waals surface area (Å²) < 4.78 is 11.8. The molecule has 4 N–H and O–H groups in total. The van der Waals surface area contributed by atoms with E-state index in [4.69, 9.17) is 5.84 Å². The highest BCUT2D eigenvalue weighted by Gasteiger charge is 2.01. The number of aryl methyl sites for hydroxylation is 1. The molecule has 1 rings (SSSR count). The van der Waals surface area contributed by atoms with Gasteiger partial charge in [0.1, 0.15) is 12.5 Å². The molecular weight excluding hydrogens is 173 g/mol. The van der Waals surface area contributed by atoms with Crippen LogP contribution in [0.3, 0.4) is 0 Å². The number of halogens is 1. The lowest BCUT2D eigenvalue weighted by Crippen LogP contribution is -2.13. The molecule has 0 saturated carbocycles. The molecule has 1 aromatic heterocycles. The lowest BCUT2D eigenvalue weighted by atomic mass is 10.3. The summed E-state index contributed by atoms with van der Waals surface area (Å²) >= 11 is 0. The van der Waals surface area contributed by atoms with Gasteiger partial charge in [-0.05, 0) is 6.92 Å². The molecule has 0 spiro atoms. The number of nitrogen functional groups attached to an aromatic ring is 1. The Bertz CT molecular complexity index is 278. The number of aromatic nitrogens is 2. The topological polar surface area (TPSA) is 75.9 Å². The largest absolute Gasteiger partial charge is 0.367 e. The van der Waals surface area contributed by atoms with Crippen molar-refractivity contribution in [1.82, 2.24) is 9.97 Å². The highest BCUT2D eigenvalue weighted by Crippen LogP contribution is 2.10. The minimum Gasteiger partial charge on any atom is -0.367 e. The zero-order valence-corrected chi connectivity index (χ0v) is 7.34. The van der Waals surface area contributed by atoms with Crippen molar-refractivity contribution in [3.8, 4) is 0 Å². The zero-order chi connectivity index (χ0) is 9.68. The van der Waals surface area contributed by atoms with Crippen LogP contribution in [0.15, 0.2) is 6.20 Å². The van der Waals surface area contributed by atoms with E-state index >= 15 is 0 Å². The van der Waals surface area contributed by atoms with Crippen LogP contribution in [0.5, 0.6) is 0 Å². The van der Waals surface area contributed by atoms with Crippen molar-refractivity contribution in [3.05, 3.63) is 11.8 Å². The van der Waals surface area contributed by atoms with Crippen molar-refractivity contribution in [2.24, 2.45) is 5.84 Å². The monoisotopic (exact) mass is 185 g/mol. The second kappa shape index (κ2) is 4.56. The maximum atomic E-state index is 11.8. The molecule has 72 valence electrons. The van der Waals surface area contributed by atoms with Crippen molar-refractivity contribution >= 4 is 11.8 Å². The molecule has 0 aliphatic carbocycles. The first-order chi connectivity index (χ1) is 6.27. The van der Waals surface area contributed by atoms with Gasteiger partial charge in [-0.2, -0.15) is 4.98 Å². The van der Waals surface area contributed by atoms with Gasteiger partial charge in [0.2, 0.25) is 5.95 Å². The van der Waals surface area contributed by atoms with Gasteiger partial charge in [-0.3, -0.25) is 5.43 Å². The van der Waals surface area contributed by atoms with Gasteiger partial charge in [0.25, 0.3) is 0 Å². The molecule has 0 fully saturated rings. The second-order valence-corrected chi connectivity index (χ2v) is 2.49. The third kappa shape index (κ3) is 2.51. The van der Waals surface area contributed by atoms with Gasteiger partial charge >= 0.3 is 0 Å². The molecule has 0 bridgehead atoms. The summed E-state index contributed by atoms with van der Waals surface area (Å²) in [6.45, 7) is 1.64. The molecule has 6 heteroatoms. The van der Waals surface area contributed by atoms with Crippen LogP contribution < -0.4 is 16.6 Å². The van der Waals surface area contributed by atoms with E-state index in [0.717, 1.165) is 5.56 Å². The van der Waals surface area contributed by atoms with Gasteiger partial charge in [-0.15, -0.1) is 0 Å². The minimum atomic E-state index is -0.436. The number of anilines is 2. The molecule has 0 unspecified atom stereocenters. The Balaban J connectivity index is 2.78. The smallest absolute Gasteiger partial charge is 0.239 e. The van der Waals surface area contributed by atoms with Crippen LogP contribution in [0.1, 0.15) is 5.56 Å². The average Bonchev–Trinajstić information content (AvgIpc) is 2.17. The van der Waals surface area contributed by atoms with Crippen LogP contribution >= 0.6 is 0 Å². The lowest BCUT2D eigenvalue weighted by Gasteiger charge is -2.07. The van der Waals surface area contributed by atoms with Gasteiger partial charge < -0.3 is 5.32 Å². The highest BCUT2D eigenvalue weighted by molar-refractivity contribution is 5.45. The number of nitrogens with two attached hydrogens (primary N) is 1. The third-order valence-corrected chi connectivity index (χ3v) is 1.49. The van der Waals surface area contributed by atoms with E-state index < -0.39 is 6.67 Å². The van der Waals surface area contributed by atoms with Gasteiger partial charge in [0.15, 0.2) is 0 Å². The van der Waals surface area contributed by atoms with E-state index in [-0.39, 0.29) is 6.54 Å². The van der Waals surface area contributed by atoms with Crippen LogP contribution in [-0.4, -0.2) is 23.2 Å². The lowest BCUT2D eigenvalue weighted by molar-refractivity contribution is 0.512. The molecule has 0 aliphatic rings. The van der Waals surface area contributed by atoms with Gasteiger partial charge in [-0.25, -0.2) is 15.2 Å². The molecule has 0 atom stereocenters. The van der Waals surface area contributed by atoms with E-state index in [1.54, 1.807) is 6.20 Å². The Kier molecular flexibility index (Phi) is 3.39. The molecular formula is C7H12FN5. The average molecular weight is 185 g/mol. The predicted molar refractivity (Wildman–Crippen MR) is 49.0 cm³/mol. The molecule has 13 heavy (non-hydrogen) atoms. The standard InChI is InChI=1S/C7H12FN5/c1-5-4-11-7(13-9)12-6(5)10-3-2-8/h4H,2-3,9H2,1H3,(H2,10,11,12,13). The first-order valence-electron chi connectivity index (χ1n) is 3.88. The molecule has 0 radical (unpaired) electrons. The normalized spacial score (nSPS) is 9.77. The van der Waals surface area contributed by atoms with E-state index in [9.17, 15) is 4.39 Å². The maximum absolute atomic E-state index is 11.8. The summed E-state index contributed by atoms with van der Waals surface area (Å²) in [6, 6.07) is 0. The minimum absolute atomic E-state index is 0.238. The molecule has 1 heterocycles. The fourth-order valence-electron chi connectivity index (χ4n) is 0.856. The Hall–Kier alpha value is -1.43. The van der Waals surface area contributed by atoms with Crippen LogP contribution in [-0.2, 0) is 0 Å². The summed E-state index contributed by atoms with van der Waals surface area (Å²) in [7, 11) is 0. The quantitative estimate of drug-likeness (QED) is 0.469. The van der Waals surface area contributed by atoms with Gasteiger partial charge in [0, 0.05) is 18.3 Å². The first-order valence-corrected chi connectivity index (χ1v) is 3.88. The van der Waals surface area contributed by atoms with Crippen molar-refractivity contribution in [1.29, 1.82) is 0 Å². The van der Waals surface area contributed by atoms with Crippen LogP contribution in [0.25, 0.3) is 0 Å². The van der Waals surface area contributed by atoms with E-state index in [1.807, 2.05) is 6.92 Å². The highest BCUT2D eigenvalue weighted by atomic mass is 19.1. The Morgan fingerprint density at radius 1 is 1.62 bits per heavy atom. The van der Waals surface area contributed by atoms with Crippen molar-refractivity contribution in [2.45, 2.75) is 6.92 Å². The fourth-order valence-corrected chi connectivity index (χ4v) is 0.856. The van der Waals surface area contributed by atoms with E-state index in [2.05, 4.69) is 20.7 Å². The van der Waals surface area contributed by atoms with Gasteiger partial charge in [-0.1, -0.05) is 0 Å². The molecule has 1 aromatic rings. The van der Waals surface area contributed by atoms with Crippen molar-refractivity contribution < 1.29 is 4.39 Å².